The lowest BCUT2D eigenvalue weighted by atomic mass is 9.86. The molecule has 1 fully saturated rings. The molecular formula is C18H25NO4. The molecule has 1 amide bonds. The van der Waals surface area contributed by atoms with Crippen molar-refractivity contribution in [1.82, 2.24) is 5.32 Å². The maximum absolute atomic E-state index is 12.3. The lowest BCUT2D eigenvalue weighted by Crippen LogP contribution is -2.46. The second-order valence-electron chi connectivity index (χ2n) is 6.15. The Morgan fingerprint density at radius 2 is 1.83 bits per heavy atom. The van der Waals surface area contributed by atoms with E-state index >= 15 is 0 Å². The summed E-state index contributed by atoms with van der Waals surface area (Å²) in [6, 6.07) is 6.81. The molecule has 1 aliphatic rings. The van der Waals surface area contributed by atoms with Crippen molar-refractivity contribution in [2.75, 3.05) is 7.11 Å². The van der Waals surface area contributed by atoms with Crippen molar-refractivity contribution in [1.29, 1.82) is 0 Å². The highest BCUT2D eigenvalue weighted by Gasteiger charge is 2.25. The molecule has 1 saturated carbocycles. The summed E-state index contributed by atoms with van der Waals surface area (Å²) in [6.45, 7) is 3.91. The largest absolute Gasteiger partial charge is 0.481 e. The van der Waals surface area contributed by atoms with Crippen LogP contribution in [-0.2, 0) is 9.53 Å². The van der Waals surface area contributed by atoms with Crippen LogP contribution in [0.4, 0.5) is 0 Å². The third-order valence-electron chi connectivity index (χ3n) is 4.40. The highest BCUT2D eigenvalue weighted by Crippen LogP contribution is 2.24. The van der Waals surface area contributed by atoms with E-state index in [1.54, 1.807) is 31.2 Å². The van der Waals surface area contributed by atoms with Gasteiger partial charge in [-0.1, -0.05) is 19.8 Å². The summed E-state index contributed by atoms with van der Waals surface area (Å²) >= 11 is 0. The van der Waals surface area contributed by atoms with Gasteiger partial charge in [0.1, 0.15) is 5.75 Å². The first-order valence-electron chi connectivity index (χ1n) is 8.16. The molecule has 126 valence electrons. The number of carbonyl (C=O) groups is 2. The summed E-state index contributed by atoms with van der Waals surface area (Å²) < 4.78 is 10.3. The number of methoxy groups -OCH3 is 1. The maximum Gasteiger partial charge on any atom is 0.337 e. The third-order valence-corrected chi connectivity index (χ3v) is 4.40. The fraction of sp³-hybridized carbons (Fsp3) is 0.556. The Bertz CT molecular complexity index is 540. The molecule has 0 spiro atoms. The lowest BCUT2D eigenvalue weighted by molar-refractivity contribution is -0.128. The van der Waals surface area contributed by atoms with Crippen LogP contribution < -0.4 is 10.1 Å². The molecule has 0 saturated heterocycles. The van der Waals surface area contributed by atoms with E-state index in [1.165, 1.54) is 20.0 Å². The number of rotatable bonds is 5. The zero-order chi connectivity index (χ0) is 16.8. The Morgan fingerprint density at radius 1 is 1.17 bits per heavy atom. The number of benzene rings is 1. The molecule has 1 aromatic carbocycles. The standard InChI is InChI=1S/C18H25NO4/c1-12-6-4-5-7-16(12)19-17(20)13(2)23-15-10-8-14(9-11-15)18(21)22-3/h8-13,16H,4-7H2,1-3H3,(H,19,20)/t12-,13-,16-/m1/s1. The normalized spacial score (nSPS) is 22.0. The van der Waals surface area contributed by atoms with Gasteiger partial charge in [0, 0.05) is 6.04 Å². The van der Waals surface area contributed by atoms with Gasteiger partial charge in [0.15, 0.2) is 6.10 Å². The van der Waals surface area contributed by atoms with Crippen molar-refractivity contribution >= 4 is 11.9 Å². The van der Waals surface area contributed by atoms with Gasteiger partial charge in [-0.3, -0.25) is 4.79 Å². The number of hydrogen-bond donors (Lipinski definition) is 1. The van der Waals surface area contributed by atoms with Crippen molar-refractivity contribution in [2.24, 2.45) is 5.92 Å². The van der Waals surface area contributed by atoms with E-state index in [0.717, 1.165) is 12.8 Å². The third kappa shape index (κ3) is 4.71. The average Bonchev–Trinajstić information content (AvgIpc) is 2.56. The Hall–Kier alpha value is -2.04. The monoisotopic (exact) mass is 319 g/mol. The molecule has 5 heteroatoms. The van der Waals surface area contributed by atoms with Crippen molar-refractivity contribution in [3.05, 3.63) is 29.8 Å². The van der Waals surface area contributed by atoms with Gasteiger partial charge in [0.25, 0.3) is 5.91 Å². The molecule has 3 atom stereocenters. The number of nitrogens with one attached hydrogen (secondary N) is 1. The van der Waals surface area contributed by atoms with Crippen molar-refractivity contribution in [3.8, 4) is 5.75 Å². The first kappa shape index (κ1) is 17.3. The number of amides is 1. The van der Waals surface area contributed by atoms with Gasteiger partial charge in [0.05, 0.1) is 12.7 Å². The molecule has 0 unspecified atom stereocenters. The van der Waals surface area contributed by atoms with Gasteiger partial charge < -0.3 is 14.8 Å². The van der Waals surface area contributed by atoms with Crippen LogP contribution in [0, 0.1) is 5.92 Å². The molecule has 23 heavy (non-hydrogen) atoms. The smallest absolute Gasteiger partial charge is 0.337 e. The van der Waals surface area contributed by atoms with Gasteiger partial charge >= 0.3 is 5.97 Å². The van der Waals surface area contributed by atoms with E-state index in [4.69, 9.17) is 4.74 Å². The predicted octanol–water partition coefficient (Wildman–Crippen LogP) is 2.94. The molecule has 1 N–H and O–H groups in total. The van der Waals surface area contributed by atoms with Crippen LogP contribution >= 0.6 is 0 Å². The Morgan fingerprint density at radius 3 is 2.43 bits per heavy atom. The molecule has 0 heterocycles. The summed E-state index contributed by atoms with van der Waals surface area (Å²) in [5.41, 5.74) is 0.452. The van der Waals surface area contributed by atoms with E-state index in [-0.39, 0.29) is 11.9 Å². The summed E-state index contributed by atoms with van der Waals surface area (Å²) in [7, 11) is 1.34. The van der Waals surface area contributed by atoms with Crippen molar-refractivity contribution in [3.63, 3.8) is 0 Å². The molecule has 0 bridgehead atoms. The predicted molar refractivity (Wildman–Crippen MR) is 87.4 cm³/mol. The fourth-order valence-corrected chi connectivity index (χ4v) is 2.88. The molecule has 5 nitrogen and oxygen atoms in total. The number of carbonyl (C=O) groups excluding carboxylic acids is 2. The summed E-state index contributed by atoms with van der Waals surface area (Å²) in [4.78, 5) is 23.7. The minimum atomic E-state index is -0.576. The van der Waals surface area contributed by atoms with Crippen LogP contribution in [0.15, 0.2) is 24.3 Å². The van der Waals surface area contributed by atoms with Crippen LogP contribution in [0.1, 0.15) is 49.9 Å². The maximum atomic E-state index is 12.3. The number of ether oxygens (including phenoxy) is 2. The highest BCUT2D eigenvalue weighted by atomic mass is 16.5. The second kappa shape index (κ2) is 7.99. The highest BCUT2D eigenvalue weighted by molar-refractivity contribution is 5.89. The van der Waals surface area contributed by atoms with Gasteiger partial charge in [0.2, 0.25) is 0 Å². The number of hydrogen-bond acceptors (Lipinski definition) is 4. The van der Waals surface area contributed by atoms with Gasteiger partial charge in [-0.05, 0) is 49.9 Å². The zero-order valence-corrected chi connectivity index (χ0v) is 14.0. The number of esters is 1. The summed E-state index contributed by atoms with van der Waals surface area (Å²) in [5.74, 6) is 0.575. The lowest BCUT2D eigenvalue weighted by Gasteiger charge is -2.30. The Balaban J connectivity index is 1.89. The molecular weight excluding hydrogens is 294 g/mol. The summed E-state index contributed by atoms with van der Waals surface area (Å²) in [5, 5.41) is 3.09. The molecule has 0 aliphatic heterocycles. The van der Waals surface area contributed by atoms with E-state index in [0.29, 0.717) is 17.2 Å². The Kier molecular flexibility index (Phi) is 6.02. The quantitative estimate of drug-likeness (QED) is 0.848. The van der Waals surface area contributed by atoms with Crippen LogP contribution in [0.2, 0.25) is 0 Å². The van der Waals surface area contributed by atoms with Crippen LogP contribution in [-0.4, -0.2) is 31.1 Å². The molecule has 0 aromatic heterocycles. The van der Waals surface area contributed by atoms with E-state index < -0.39 is 12.1 Å². The molecule has 1 aromatic rings. The van der Waals surface area contributed by atoms with Gasteiger partial charge in [-0.15, -0.1) is 0 Å². The van der Waals surface area contributed by atoms with Crippen LogP contribution in [0.3, 0.4) is 0 Å². The zero-order valence-electron chi connectivity index (χ0n) is 14.0. The van der Waals surface area contributed by atoms with E-state index in [2.05, 4.69) is 17.0 Å². The van der Waals surface area contributed by atoms with Crippen LogP contribution in [0.5, 0.6) is 5.75 Å². The van der Waals surface area contributed by atoms with Gasteiger partial charge in [-0.25, -0.2) is 4.79 Å². The SMILES string of the molecule is COC(=O)c1ccc(O[C@H](C)C(=O)N[C@@H]2CCCC[C@H]2C)cc1. The van der Waals surface area contributed by atoms with E-state index in [9.17, 15) is 9.59 Å². The second-order valence-corrected chi connectivity index (χ2v) is 6.15. The van der Waals surface area contributed by atoms with E-state index in [1.807, 2.05) is 0 Å². The minimum absolute atomic E-state index is 0.0965. The fourth-order valence-electron chi connectivity index (χ4n) is 2.88. The molecule has 2 rings (SSSR count). The average molecular weight is 319 g/mol. The first-order chi connectivity index (χ1) is 11.0. The van der Waals surface area contributed by atoms with Crippen molar-refractivity contribution < 1.29 is 19.1 Å². The summed E-state index contributed by atoms with van der Waals surface area (Å²) in [6.07, 6.45) is 4.03. The van der Waals surface area contributed by atoms with Crippen LogP contribution in [0.25, 0.3) is 0 Å². The topological polar surface area (TPSA) is 64.6 Å². The Labute approximate surface area is 137 Å². The van der Waals surface area contributed by atoms with Crippen molar-refractivity contribution in [2.45, 2.75) is 51.7 Å². The van der Waals surface area contributed by atoms with Gasteiger partial charge in [-0.2, -0.15) is 0 Å². The minimum Gasteiger partial charge on any atom is -0.481 e. The first-order valence-corrected chi connectivity index (χ1v) is 8.16. The molecule has 1 aliphatic carbocycles. The molecule has 0 radical (unpaired) electrons.